The van der Waals surface area contributed by atoms with Crippen LogP contribution in [0.2, 0.25) is 0 Å². The molecular weight excluding hydrogens is 518 g/mol. The van der Waals surface area contributed by atoms with Gasteiger partial charge in [0.2, 0.25) is 22.8 Å². The Kier molecular flexibility index (Phi) is 7.57. The van der Waals surface area contributed by atoms with Gasteiger partial charge in [-0.2, -0.15) is 0 Å². The van der Waals surface area contributed by atoms with Gasteiger partial charge >= 0.3 is 0 Å². The molecule has 0 spiro atoms. The van der Waals surface area contributed by atoms with Crippen LogP contribution in [0.1, 0.15) is 47.5 Å². The highest BCUT2D eigenvalue weighted by atomic mass is 16.5. The van der Waals surface area contributed by atoms with Crippen LogP contribution in [0.5, 0.6) is 23.0 Å². The van der Waals surface area contributed by atoms with Gasteiger partial charge in [0.05, 0.1) is 33.8 Å². The van der Waals surface area contributed by atoms with Gasteiger partial charge in [0, 0.05) is 49.8 Å². The molecule has 3 N–H and O–H groups in total. The minimum absolute atomic E-state index is 0.0158. The number of amides is 1. The lowest BCUT2D eigenvalue weighted by Crippen LogP contribution is -2.46. The van der Waals surface area contributed by atoms with Gasteiger partial charge in [0.25, 0.3) is 5.56 Å². The summed E-state index contributed by atoms with van der Waals surface area (Å²) >= 11 is 0. The first kappa shape index (κ1) is 27.3. The zero-order chi connectivity index (χ0) is 28.6. The number of carbonyl (C=O) groups is 1. The van der Waals surface area contributed by atoms with E-state index in [1.807, 2.05) is 10.6 Å². The average molecular weight is 552 g/mol. The van der Waals surface area contributed by atoms with E-state index >= 15 is 0 Å². The van der Waals surface area contributed by atoms with E-state index in [1.165, 1.54) is 27.4 Å². The number of fused-ring (bicyclic) bond motifs is 4. The van der Waals surface area contributed by atoms with E-state index in [-0.39, 0.29) is 29.6 Å². The lowest BCUT2D eigenvalue weighted by molar-refractivity contribution is -0.118. The number of methoxy groups -OCH3 is 3. The van der Waals surface area contributed by atoms with Crippen LogP contribution in [0.3, 0.4) is 0 Å². The molecule has 3 atom stereocenters. The maximum atomic E-state index is 12.9. The molecule has 40 heavy (non-hydrogen) atoms. The fraction of sp³-hybridized carbons (Fsp3) is 0.414. The van der Waals surface area contributed by atoms with Crippen molar-refractivity contribution < 1.29 is 28.5 Å². The van der Waals surface area contributed by atoms with Gasteiger partial charge in [-0.1, -0.05) is 6.07 Å². The largest absolute Gasteiger partial charge is 0.502 e. The van der Waals surface area contributed by atoms with E-state index in [1.54, 1.807) is 24.3 Å². The van der Waals surface area contributed by atoms with Crippen LogP contribution in [0.25, 0.3) is 0 Å². The number of ether oxygens (including phenoxy) is 3. The molecule has 0 aliphatic carbocycles. The van der Waals surface area contributed by atoms with Gasteiger partial charge in [0.15, 0.2) is 17.3 Å². The Morgan fingerprint density at radius 2 is 1.80 bits per heavy atom. The first-order valence-electron chi connectivity index (χ1n) is 13.1. The number of primary amides is 1. The van der Waals surface area contributed by atoms with Crippen LogP contribution in [-0.4, -0.2) is 54.9 Å². The predicted molar refractivity (Wildman–Crippen MR) is 145 cm³/mol. The van der Waals surface area contributed by atoms with Gasteiger partial charge in [0.1, 0.15) is 5.76 Å². The summed E-state index contributed by atoms with van der Waals surface area (Å²) in [4.78, 5) is 39.6. The van der Waals surface area contributed by atoms with Gasteiger partial charge in [-0.15, -0.1) is 0 Å². The molecule has 0 saturated carbocycles. The first-order valence-corrected chi connectivity index (χ1v) is 13.1. The Hall–Kier alpha value is -4.25. The molecule has 5 rings (SSSR count). The number of aromatic nitrogens is 1. The summed E-state index contributed by atoms with van der Waals surface area (Å²) in [7, 11) is 4.40. The summed E-state index contributed by atoms with van der Waals surface area (Å²) in [5.74, 6) is -0.342. The molecule has 4 heterocycles. The van der Waals surface area contributed by atoms with E-state index in [0.717, 1.165) is 18.7 Å². The zero-order valence-corrected chi connectivity index (χ0v) is 22.7. The number of benzene rings is 1. The van der Waals surface area contributed by atoms with Crippen molar-refractivity contribution in [3.05, 3.63) is 79.8 Å². The van der Waals surface area contributed by atoms with Crippen LogP contribution in [0.4, 0.5) is 0 Å². The third-order valence-electron chi connectivity index (χ3n) is 7.75. The number of likely N-dealkylation sites (tertiary alicyclic amines) is 1. The number of carbonyl (C=O) groups excluding carboxylic acids is 1. The van der Waals surface area contributed by atoms with Crippen LogP contribution in [0, 0.1) is 5.92 Å². The van der Waals surface area contributed by atoms with Crippen LogP contribution in [-0.2, 0) is 17.9 Å². The van der Waals surface area contributed by atoms with Crippen molar-refractivity contribution in [3.8, 4) is 23.0 Å². The summed E-state index contributed by atoms with van der Waals surface area (Å²) in [6, 6.07) is 9.92. The third-order valence-corrected chi connectivity index (χ3v) is 7.75. The molecule has 1 saturated heterocycles. The molecule has 212 valence electrons. The Balaban J connectivity index is 1.49. The highest BCUT2D eigenvalue weighted by Crippen LogP contribution is 2.43. The van der Waals surface area contributed by atoms with Crippen LogP contribution < -0.4 is 30.9 Å². The Labute approximate surface area is 230 Å². The normalized spacial score (nSPS) is 19.0. The van der Waals surface area contributed by atoms with Gasteiger partial charge in [-0.25, -0.2) is 0 Å². The monoisotopic (exact) mass is 551 g/mol. The Morgan fingerprint density at radius 1 is 1.07 bits per heavy atom. The molecule has 1 amide bonds. The lowest BCUT2D eigenvalue weighted by atomic mass is 9.83. The van der Waals surface area contributed by atoms with Gasteiger partial charge in [-0.3, -0.25) is 19.3 Å². The van der Waals surface area contributed by atoms with E-state index < -0.39 is 23.0 Å². The average Bonchev–Trinajstić information content (AvgIpc) is 2.93. The number of nitrogens with two attached hydrogens (primary N) is 1. The molecule has 11 heteroatoms. The van der Waals surface area contributed by atoms with E-state index in [4.69, 9.17) is 24.4 Å². The lowest BCUT2D eigenvalue weighted by Gasteiger charge is -2.42. The first-order chi connectivity index (χ1) is 19.2. The highest BCUT2D eigenvalue weighted by Gasteiger charge is 2.35. The minimum atomic E-state index is -0.890. The quantitative estimate of drug-likeness (QED) is 0.408. The molecule has 1 unspecified atom stereocenters. The highest BCUT2D eigenvalue weighted by molar-refractivity contribution is 5.75. The molecule has 2 aliphatic heterocycles. The minimum Gasteiger partial charge on any atom is -0.502 e. The van der Waals surface area contributed by atoms with Crippen LogP contribution in [0.15, 0.2) is 50.4 Å². The number of rotatable bonds is 9. The zero-order valence-electron chi connectivity index (χ0n) is 22.7. The summed E-state index contributed by atoms with van der Waals surface area (Å²) in [6.07, 6.45) is 0.755. The van der Waals surface area contributed by atoms with Crippen molar-refractivity contribution in [2.75, 3.05) is 34.4 Å². The molecule has 2 bridgehead atoms. The summed E-state index contributed by atoms with van der Waals surface area (Å²) in [6.45, 7) is 2.39. The smallest absolute Gasteiger partial charge is 0.250 e. The van der Waals surface area contributed by atoms with Crippen molar-refractivity contribution in [2.24, 2.45) is 11.7 Å². The van der Waals surface area contributed by atoms with E-state index in [0.29, 0.717) is 48.2 Å². The summed E-state index contributed by atoms with van der Waals surface area (Å²) in [5, 5.41) is 10.8. The van der Waals surface area contributed by atoms with Crippen molar-refractivity contribution >= 4 is 5.91 Å². The topological polar surface area (TPSA) is 146 Å². The molecule has 2 aliphatic rings. The van der Waals surface area contributed by atoms with Gasteiger partial charge < -0.3 is 34.0 Å². The number of piperidine rings is 1. The molecule has 1 aromatic carbocycles. The Morgan fingerprint density at radius 3 is 2.45 bits per heavy atom. The number of nitrogens with zero attached hydrogens (tertiary/aromatic N) is 2. The summed E-state index contributed by atoms with van der Waals surface area (Å²) < 4.78 is 24.3. The molecular formula is C29H33N3O8. The maximum absolute atomic E-state index is 12.9. The molecule has 11 nitrogen and oxygen atoms in total. The maximum Gasteiger partial charge on any atom is 0.250 e. The molecule has 2 aromatic heterocycles. The Bertz CT molecular complexity index is 1520. The molecule has 3 aromatic rings. The number of hydrogen-bond acceptors (Lipinski definition) is 9. The summed E-state index contributed by atoms with van der Waals surface area (Å²) in [5.41, 5.74) is 6.48. The number of aromatic hydroxyl groups is 1. The number of pyridine rings is 1. The second-order valence-corrected chi connectivity index (χ2v) is 10.4. The SMILES string of the molecule is COc1cc(C(CC(N)=O)c2oc(CN3C[C@H]4C[C@@H](C3)c3cccc(=O)n3C4)cc(=O)c2O)cc(OC)c1OC. The molecule has 1 fully saturated rings. The van der Waals surface area contributed by atoms with Crippen molar-refractivity contribution in [1.82, 2.24) is 9.47 Å². The second kappa shape index (κ2) is 11.1. The van der Waals surface area contributed by atoms with Crippen molar-refractivity contribution in [2.45, 2.75) is 37.8 Å². The molecule has 0 radical (unpaired) electrons. The predicted octanol–water partition coefficient (Wildman–Crippen LogP) is 2.16. The second-order valence-electron chi connectivity index (χ2n) is 10.4. The van der Waals surface area contributed by atoms with Crippen molar-refractivity contribution in [3.63, 3.8) is 0 Å². The number of hydrogen-bond donors (Lipinski definition) is 2. The van der Waals surface area contributed by atoms with Crippen molar-refractivity contribution in [1.29, 1.82) is 0 Å². The third kappa shape index (κ3) is 5.16. The fourth-order valence-electron chi connectivity index (χ4n) is 6.08. The van der Waals surface area contributed by atoms with Crippen LogP contribution >= 0.6 is 0 Å². The van der Waals surface area contributed by atoms with E-state index in [2.05, 4.69) is 4.90 Å². The fourth-order valence-corrected chi connectivity index (χ4v) is 6.08. The van der Waals surface area contributed by atoms with Gasteiger partial charge in [-0.05, 0) is 36.1 Å². The standard InChI is InChI=1S/C29H33N3O8/c1-37-23-8-17(9-24(38-2)29(23)39-3)20(11-25(30)34)28-27(36)22(33)10-19(40-28)15-31-12-16-7-18(14-31)21-5-4-6-26(35)32(21)13-16/h4-6,8-10,16,18,20,36H,7,11-15H2,1-3H3,(H2,30,34)/t16-,18+,20?/m1/s1. The van der Waals surface area contributed by atoms with E-state index in [9.17, 15) is 19.5 Å².